The first kappa shape index (κ1) is 20.5. The molecule has 164 valence electrons. The van der Waals surface area contributed by atoms with Gasteiger partial charge in [-0.1, -0.05) is 6.07 Å². The number of nitrogens with zero attached hydrogens (tertiary/aromatic N) is 5. The molecule has 4 aromatic rings. The fourth-order valence-electron chi connectivity index (χ4n) is 3.97. The van der Waals surface area contributed by atoms with Crippen molar-refractivity contribution in [3.05, 3.63) is 54.1 Å². The lowest BCUT2D eigenvalue weighted by molar-refractivity contribution is 0.0654. The van der Waals surface area contributed by atoms with E-state index in [4.69, 9.17) is 9.84 Å². The van der Waals surface area contributed by atoms with Crippen LogP contribution < -0.4 is 5.32 Å². The second-order valence-corrected chi connectivity index (χ2v) is 8.47. The van der Waals surface area contributed by atoms with E-state index in [0.29, 0.717) is 29.4 Å². The van der Waals surface area contributed by atoms with Crippen LogP contribution in [-0.4, -0.2) is 48.6 Å². The molecule has 1 fully saturated rings. The third-order valence-electron chi connectivity index (χ3n) is 5.50. The highest BCUT2D eigenvalue weighted by Crippen LogP contribution is 2.35. The molecule has 1 saturated carbocycles. The van der Waals surface area contributed by atoms with Crippen molar-refractivity contribution in [3.63, 3.8) is 0 Å². The predicted octanol–water partition coefficient (Wildman–Crippen LogP) is 4.17. The van der Waals surface area contributed by atoms with Crippen LogP contribution >= 0.6 is 11.3 Å². The van der Waals surface area contributed by atoms with Crippen molar-refractivity contribution in [2.75, 3.05) is 11.9 Å². The van der Waals surface area contributed by atoms with E-state index in [0.717, 1.165) is 29.8 Å². The molecule has 0 aliphatic heterocycles. The van der Waals surface area contributed by atoms with Gasteiger partial charge in [0.05, 0.1) is 29.7 Å². The quantitative estimate of drug-likeness (QED) is 0.438. The summed E-state index contributed by atoms with van der Waals surface area (Å²) in [5.74, 6) is -0.286. The lowest BCUT2D eigenvalue weighted by Crippen LogP contribution is -2.13. The van der Waals surface area contributed by atoms with Crippen LogP contribution in [0.25, 0.3) is 22.0 Å². The zero-order chi connectivity index (χ0) is 21.9. The number of nitrogens with one attached hydrogen (secondary N) is 2. The second-order valence-electron chi connectivity index (χ2n) is 7.61. The summed E-state index contributed by atoms with van der Waals surface area (Å²) in [6.45, 7) is 2.73. The summed E-state index contributed by atoms with van der Waals surface area (Å²) in [6.07, 6.45) is 10.2. The van der Waals surface area contributed by atoms with Crippen LogP contribution in [0.2, 0.25) is 0 Å². The van der Waals surface area contributed by atoms with Gasteiger partial charge in [0.1, 0.15) is 16.4 Å². The minimum Gasteiger partial charge on any atom is -0.378 e. The zero-order valence-corrected chi connectivity index (χ0v) is 18.4. The highest BCUT2D eigenvalue weighted by atomic mass is 32.1. The highest BCUT2D eigenvalue weighted by Gasteiger charge is 2.28. The van der Waals surface area contributed by atoms with Crippen molar-refractivity contribution in [1.82, 2.24) is 29.9 Å². The molecular formula is C22H23N7O2S. The smallest absolute Gasteiger partial charge is 0.275 e. The van der Waals surface area contributed by atoms with Crippen molar-refractivity contribution in [3.8, 4) is 22.0 Å². The van der Waals surface area contributed by atoms with E-state index in [2.05, 4.69) is 25.5 Å². The fraction of sp³-hybridized carbons (Fsp3) is 0.318. The zero-order valence-electron chi connectivity index (χ0n) is 17.6. The molecule has 0 aromatic carbocycles. The number of rotatable bonds is 7. The Morgan fingerprint density at radius 3 is 3.09 bits per heavy atom. The van der Waals surface area contributed by atoms with Gasteiger partial charge in [-0.15, -0.1) is 11.3 Å². The first-order valence-electron chi connectivity index (χ1n) is 10.6. The molecule has 32 heavy (non-hydrogen) atoms. The predicted molar refractivity (Wildman–Crippen MR) is 121 cm³/mol. The monoisotopic (exact) mass is 449 g/mol. The number of aromatic nitrogens is 6. The Kier molecular flexibility index (Phi) is 5.78. The largest absolute Gasteiger partial charge is 0.378 e. The molecule has 0 radical (unpaired) electrons. The minimum atomic E-state index is -0.286. The van der Waals surface area contributed by atoms with Gasteiger partial charge in [-0.05, 0) is 38.3 Å². The first-order chi connectivity index (χ1) is 15.7. The number of hydrogen-bond donors (Lipinski definition) is 2. The van der Waals surface area contributed by atoms with E-state index in [-0.39, 0.29) is 18.1 Å². The van der Waals surface area contributed by atoms with Crippen LogP contribution in [0.3, 0.4) is 0 Å². The lowest BCUT2D eigenvalue weighted by atomic mass is 10.2. The molecule has 5 rings (SSSR count). The standard InChI is InChI=1S/C22H23N7O2S/c1-2-31-16-7-6-15(9-16)29-12-18(20(28-29)17-5-3-4-8-23-17)26-21(30)19-13-32-22(27-19)14-10-24-25-11-14/h3-5,8,10-13,15-16H,2,6-7,9H2,1H3,(H,24,25)(H,26,30)/t15?,16-/m1/s1. The SMILES string of the molecule is CCO[C@@H]1CCC(n2cc(NC(=O)c3csc(-c4cn[nH]c4)n3)c(-c3ccccn3)n2)C1. The average molecular weight is 450 g/mol. The van der Waals surface area contributed by atoms with E-state index in [1.165, 1.54) is 11.3 Å². The maximum atomic E-state index is 13.0. The van der Waals surface area contributed by atoms with E-state index in [1.54, 1.807) is 24.0 Å². The van der Waals surface area contributed by atoms with Gasteiger partial charge in [-0.25, -0.2) is 4.98 Å². The van der Waals surface area contributed by atoms with Gasteiger partial charge in [0.2, 0.25) is 0 Å². The molecule has 4 heterocycles. The summed E-state index contributed by atoms with van der Waals surface area (Å²) in [5.41, 5.74) is 3.16. The van der Waals surface area contributed by atoms with Gasteiger partial charge >= 0.3 is 0 Å². The van der Waals surface area contributed by atoms with Gasteiger partial charge in [0, 0.05) is 36.1 Å². The topological polar surface area (TPSA) is 111 Å². The third-order valence-corrected chi connectivity index (χ3v) is 6.39. The molecule has 10 heteroatoms. The molecule has 9 nitrogen and oxygen atoms in total. The number of pyridine rings is 1. The number of aromatic amines is 1. The number of H-pyrrole nitrogens is 1. The van der Waals surface area contributed by atoms with Crippen LogP contribution in [-0.2, 0) is 4.74 Å². The molecular weight excluding hydrogens is 426 g/mol. The molecule has 1 aliphatic rings. The minimum absolute atomic E-state index is 0.228. The third kappa shape index (κ3) is 4.19. The maximum absolute atomic E-state index is 13.0. The summed E-state index contributed by atoms with van der Waals surface area (Å²) in [7, 11) is 0. The van der Waals surface area contributed by atoms with Crippen molar-refractivity contribution in [2.45, 2.75) is 38.3 Å². The molecule has 4 aromatic heterocycles. The Morgan fingerprint density at radius 1 is 1.38 bits per heavy atom. The number of carbonyl (C=O) groups is 1. The molecule has 0 bridgehead atoms. The first-order valence-corrected chi connectivity index (χ1v) is 11.5. The molecule has 2 N–H and O–H groups in total. The van der Waals surface area contributed by atoms with Crippen LogP contribution in [0, 0.1) is 0 Å². The Morgan fingerprint density at radius 2 is 2.31 bits per heavy atom. The van der Waals surface area contributed by atoms with E-state index < -0.39 is 0 Å². The van der Waals surface area contributed by atoms with Gasteiger partial charge in [-0.2, -0.15) is 10.2 Å². The normalized spacial score (nSPS) is 18.2. The highest BCUT2D eigenvalue weighted by molar-refractivity contribution is 7.13. The van der Waals surface area contributed by atoms with Crippen molar-refractivity contribution in [1.29, 1.82) is 0 Å². The Hall–Kier alpha value is -3.37. The van der Waals surface area contributed by atoms with Crippen LogP contribution in [0.1, 0.15) is 42.7 Å². The van der Waals surface area contributed by atoms with Crippen LogP contribution in [0.15, 0.2) is 48.4 Å². The lowest BCUT2D eigenvalue weighted by Gasteiger charge is -2.11. The summed E-state index contributed by atoms with van der Waals surface area (Å²) in [4.78, 5) is 21.9. The van der Waals surface area contributed by atoms with Gasteiger partial charge < -0.3 is 10.1 Å². The van der Waals surface area contributed by atoms with E-state index in [9.17, 15) is 4.79 Å². The molecule has 1 unspecified atom stereocenters. The van der Waals surface area contributed by atoms with Gasteiger partial charge in [0.25, 0.3) is 5.91 Å². The Bertz CT molecular complexity index is 1190. The molecule has 0 spiro atoms. The Balaban J connectivity index is 1.41. The van der Waals surface area contributed by atoms with Crippen molar-refractivity contribution in [2.24, 2.45) is 0 Å². The summed E-state index contributed by atoms with van der Waals surface area (Å²) < 4.78 is 7.74. The number of amides is 1. The number of ether oxygens (including phenoxy) is 1. The number of carbonyl (C=O) groups excluding carboxylic acids is 1. The van der Waals surface area contributed by atoms with Gasteiger partial charge in [-0.3, -0.25) is 19.6 Å². The fourth-order valence-corrected chi connectivity index (χ4v) is 4.75. The molecule has 0 saturated heterocycles. The van der Waals surface area contributed by atoms with Crippen LogP contribution in [0.5, 0.6) is 0 Å². The number of hydrogen-bond acceptors (Lipinski definition) is 7. The Labute approximate surface area is 188 Å². The maximum Gasteiger partial charge on any atom is 0.275 e. The molecule has 2 atom stereocenters. The van der Waals surface area contributed by atoms with Crippen LogP contribution in [0.4, 0.5) is 5.69 Å². The number of anilines is 1. The second kappa shape index (κ2) is 9.01. The number of thiazole rings is 1. The summed E-state index contributed by atoms with van der Waals surface area (Å²) in [5, 5.41) is 17.0. The molecule has 1 amide bonds. The molecule has 1 aliphatic carbocycles. The van der Waals surface area contributed by atoms with Gasteiger partial charge in [0.15, 0.2) is 0 Å². The van der Waals surface area contributed by atoms with E-state index >= 15 is 0 Å². The summed E-state index contributed by atoms with van der Waals surface area (Å²) in [6, 6.07) is 5.88. The van der Waals surface area contributed by atoms with E-state index in [1.807, 2.05) is 36.0 Å². The van der Waals surface area contributed by atoms with Crippen molar-refractivity contribution >= 4 is 22.9 Å². The van der Waals surface area contributed by atoms with Crippen molar-refractivity contribution < 1.29 is 9.53 Å². The summed E-state index contributed by atoms with van der Waals surface area (Å²) >= 11 is 1.40. The average Bonchev–Trinajstić information content (AvgIpc) is 3.61.